The summed E-state index contributed by atoms with van der Waals surface area (Å²) in [5.41, 5.74) is 0.210. The fraction of sp³-hybridized carbons (Fsp3) is 0.286. The fourth-order valence-corrected chi connectivity index (χ4v) is 2.87. The maximum atomic E-state index is 13.5. The van der Waals surface area contributed by atoms with E-state index in [-0.39, 0.29) is 6.04 Å². The van der Waals surface area contributed by atoms with E-state index in [2.05, 4.69) is 18.3 Å². The van der Waals surface area contributed by atoms with Gasteiger partial charge < -0.3 is 5.32 Å². The summed E-state index contributed by atoms with van der Waals surface area (Å²) < 4.78 is 13.5. The van der Waals surface area contributed by atoms with Crippen LogP contribution in [0.1, 0.15) is 29.8 Å². The van der Waals surface area contributed by atoms with E-state index in [0.717, 1.165) is 6.42 Å². The summed E-state index contributed by atoms with van der Waals surface area (Å²) in [6.07, 6.45) is 0.927. The molecule has 1 atom stereocenters. The van der Waals surface area contributed by atoms with Gasteiger partial charge in [-0.2, -0.15) is 4.39 Å². The molecule has 1 heterocycles. The molecule has 1 N–H and O–H groups in total. The van der Waals surface area contributed by atoms with Crippen LogP contribution >= 0.6 is 11.3 Å². The lowest BCUT2D eigenvalue weighted by Gasteiger charge is -2.15. The van der Waals surface area contributed by atoms with Gasteiger partial charge in [-0.25, -0.2) is 0 Å². The Bertz CT molecular complexity index is 587. The van der Waals surface area contributed by atoms with Crippen LogP contribution in [-0.4, -0.2) is 4.92 Å². The summed E-state index contributed by atoms with van der Waals surface area (Å²) in [5.74, 6) is -0.793. The number of nitrogens with zero attached hydrogens (tertiary/aromatic N) is 1. The van der Waals surface area contributed by atoms with Crippen molar-refractivity contribution in [1.29, 1.82) is 0 Å². The van der Waals surface area contributed by atoms with Gasteiger partial charge in [0, 0.05) is 23.5 Å². The quantitative estimate of drug-likeness (QED) is 0.646. The molecule has 0 saturated carbocycles. The van der Waals surface area contributed by atoms with Crippen LogP contribution in [0.4, 0.5) is 10.1 Å². The van der Waals surface area contributed by atoms with Crippen molar-refractivity contribution in [2.75, 3.05) is 0 Å². The number of halogens is 1. The first kappa shape index (κ1) is 14.6. The topological polar surface area (TPSA) is 55.2 Å². The summed E-state index contributed by atoms with van der Waals surface area (Å²) >= 11 is 1.67. The van der Waals surface area contributed by atoms with E-state index in [1.54, 1.807) is 17.4 Å². The van der Waals surface area contributed by atoms with Gasteiger partial charge in [-0.05, 0) is 29.5 Å². The molecular formula is C14H15FN2O2S. The predicted molar refractivity (Wildman–Crippen MR) is 77.2 cm³/mol. The maximum Gasteiger partial charge on any atom is 0.304 e. The van der Waals surface area contributed by atoms with E-state index in [4.69, 9.17) is 0 Å². The van der Waals surface area contributed by atoms with Crippen LogP contribution < -0.4 is 5.32 Å². The third-order valence-electron chi connectivity index (χ3n) is 3.06. The first-order valence-electron chi connectivity index (χ1n) is 6.31. The Morgan fingerprint density at radius 1 is 1.45 bits per heavy atom. The van der Waals surface area contributed by atoms with E-state index in [1.807, 2.05) is 11.4 Å². The molecule has 6 heteroatoms. The van der Waals surface area contributed by atoms with E-state index in [9.17, 15) is 14.5 Å². The van der Waals surface area contributed by atoms with Crippen LogP contribution in [0, 0.1) is 15.9 Å². The second-order valence-electron chi connectivity index (χ2n) is 4.40. The molecule has 0 bridgehead atoms. The summed E-state index contributed by atoms with van der Waals surface area (Å²) in [4.78, 5) is 11.1. The zero-order chi connectivity index (χ0) is 14.5. The Morgan fingerprint density at radius 2 is 2.25 bits per heavy atom. The highest BCUT2D eigenvalue weighted by atomic mass is 32.1. The second kappa shape index (κ2) is 6.58. The normalized spacial score (nSPS) is 12.3. The van der Waals surface area contributed by atoms with Gasteiger partial charge in [-0.15, -0.1) is 11.3 Å². The molecule has 0 spiro atoms. The van der Waals surface area contributed by atoms with Crippen LogP contribution in [0.15, 0.2) is 35.7 Å². The standard InChI is InChI=1S/C14H15FN2O2S/c1-2-12(14-4-3-7-20-14)16-9-10-5-6-13(17(18)19)11(15)8-10/h3-8,12,16H,2,9H2,1H3. The predicted octanol–water partition coefficient (Wildman–Crippen LogP) is 4.04. The van der Waals surface area contributed by atoms with E-state index >= 15 is 0 Å². The van der Waals surface area contributed by atoms with Gasteiger partial charge >= 0.3 is 5.69 Å². The number of hydrogen-bond donors (Lipinski definition) is 1. The van der Waals surface area contributed by atoms with E-state index in [1.165, 1.54) is 17.0 Å². The van der Waals surface area contributed by atoms with Gasteiger partial charge in [0.2, 0.25) is 5.82 Å². The average Bonchev–Trinajstić information content (AvgIpc) is 2.93. The summed E-state index contributed by atoms with van der Waals surface area (Å²) in [5, 5.41) is 15.9. The van der Waals surface area contributed by atoms with Crippen molar-refractivity contribution in [1.82, 2.24) is 5.32 Å². The molecule has 0 amide bonds. The Labute approximate surface area is 120 Å². The Hall–Kier alpha value is -1.79. The van der Waals surface area contributed by atoms with Crippen molar-refractivity contribution in [3.05, 3.63) is 62.1 Å². The highest BCUT2D eigenvalue weighted by Gasteiger charge is 2.14. The number of rotatable bonds is 6. The van der Waals surface area contributed by atoms with Crippen molar-refractivity contribution in [3.8, 4) is 0 Å². The van der Waals surface area contributed by atoms with Crippen LogP contribution in [0.2, 0.25) is 0 Å². The zero-order valence-electron chi connectivity index (χ0n) is 11.0. The van der Waals surface area contributed by atoms with Crippen molar-refractivity contribution in [3.63, 3.8) is 0 Å². The van der Waals surface area contributed by atoms with Crippen molar-refractivity contribution in [2.45, 2.75) is 25.9 Å². The molecule has 1 aromatic carbocycles. The zero-order valence-corrected chi connectivity index (χ0v) is 11.8. The highest BCUT2D eigenvalue weighted by Crippen LogP contribution is 2.23. The van der Waals surface area contributed by atoms with Gasteiger partial charge in [-0.3, -0.25) is 10.1 Å². The molecule has 0 aliphatic rings. The summed E-state index contributed by atoms with van der Waals surface area (Å²) in [7, 11) is 0. The first-order chi connectivity index (χ1) is 9.61. The monoisotopic (exact) mass is 294 g/mol. The van der Waals surface area contributed by atoms with Crippen molar-refractivity contribution >= 4 is 17.0 Å². The van der Waals surface area contributed by atoms with Gasteiger partial charge in [0.25, 0.3) is 0 Å². The van der Waals surface area contributed by atoms with Crippen molar-refractivity contribution in [2.24, 2.45) is 0 Å². The largest absolute Gasteiger partial charge is 0.305 e. The molecule has 1 unspecified atom stereocenters. The molecule has 20 heavy (non-hydrogen) atoms. The lowest BCUT2D eigenvalue weighted by molar-refractivity contribution is -0.387. The SMILES string of the molecule is CCC(NCc1ccc([N+](=O)[O-])c(F)c1)c1cccs1. The Kier molecular flexibility index (Phi) is 4.81. The minimum atomic E-state index is -0.793. The highest BCUT2D eigenvalue weighted by molar-refractivity contribution is 7.10. The fourth-order valence-electron chi connectivity index (χ4n) is 1.99. The molecule has 2 rings (SSSR count). The van der Waals surface area contributed by atoms with E-state index in [0.29, 0.717) is 12.1 Å². The minimum Gasteiger partial charge on any atom is -0.305 e. The van der Waals surface area contributed by atoms with Crippen LogP contribution in [0.5, 0.6) is 0 Å². The maximum absolute atomic E-state index is 13.5. The number of nitrogens with one attached hydrogen (secondary N) is 1. The molecule has 0 aliphatic carbocycles. The smallest absolute Gasteiger partial charge is 0.304 e. The number of benzene rings is 1. The van der Waals surface area contributed by atoms with Crippen LogP contribution in [-0.2, 0) is 6.54 Å². The van der Waals surface area contributed by atoms with E-state index < -0.39 is 16.4 Å². The molecule has 0 fully saturated rings. The van der Waals surface area contributed by atoms with Gasteiger partial charge in [0.05, 0.1) is 4.92 Å². The molecule has 1 aromatic heterocycles. The lowest BCUT2D eigenvalue weighted by atomic mass is 10.1. The van der Waals surface area contributed by atoms with Gasteiger partial charge in [0.15, 0.2) is 0 Å². The Balaban J connectivity index is 2.03. The van der Waals surface area contributed by atoms with Gasteiger partial charge in [0.1, 0.15) is 0 Å². The third-order valence-corrected chi connectivity index (χ3v) is 4.04. The minimum absolute atomic E-state index is 0.216. The van der Waals surface area contributed by atoms with Crippen LogP contribution in [0.3, 0.4) is 0 Å². The lowest BCUT2D eigenvalue weighted by Crippen LogP contribution is -2.19. The summed E-state index contributed by atoms with van der Waals surface area (Å²) in [6, 6.07) is 8.27. The van der Waals surface area contributed by atoms with Gasteiger partial charge in [-0.1, -0.05) is 19.1 Å². The first-order valence-corrected chi connectivity index (χ1v) is 7.19. The number of hydrogen-bond acceptors (Lipinski definition) is 4. The number of thiophene rings is 1. The summed E-state index contributed by atoms with van der Waals surface area (Å²) in [6.45, 7) is 2.55. The number of nitro groups is 1. The van der Waals surface area contributed by atoms with Crippen molar-refractivity contribution < 1.29 is 9.31 Å². The Morgan fingerprint density at radius 3 is 2.80 bits per heavy atom. The second-order valence-corrected chi connectivity index (χ2v) is 5.38. The molecule has 106 valence electrons. The molecule has 4 nitrogen and oxygen atoms in total. The molecule has 0 aliphatic heterocycles. The third kappa shape index (κ3) is 3.40. The molecule has 0 radical (unpaired) electrons. The average molecular weight is 294 g/mol. The molecular weight excluding hydrogens is 279 g/mol. The van der Waals surface area contributed by atoms with Crippen LogP contribution in [0.25, 0.3) is 0 Å². The molecule has 2 aromatic rings. The number of nitro benzene ring substituents is 1. The molecule has 0 saturated heterocycles.